The fourth-order valence-corrected chi connectivity index (χ4v) is 3.80. The van der Waals surface area contributed by atoms with E-state index in [9.17, 15) is 18.8 Å². The lowest BCUT2D eigenvalue weighted by Crippen LogP contribution is -2.46. The summed E-state index contributed by atoms with van der Waals surface area (Å²) in [4.78, 5) is 42.7. The van der Waals surface area contributed by atoms with Crippen LogP contribution in [-0.2, 0) is 27.4 Å². The number of benzene rings is 2. The number of hydrogen-bond donors (Lipinski definition) is 2. The van der Waals surface area contributed by atoms with E-state index in [-0.39, 0.29) is 19.0 Å². The number of nitrogens with one attached hydrogen (secondary N) is 2. The minimum absolute atomic E-state index is 0.00203. The van der Waals surface area contributed by atoms with Gasteiger partial charge >= 0.3 is 6.09 Å². The molecule has 4 rings (SSSR count). The standard InChI is InChI=1S/C25H23FN4O4/c1-16(31)29-21-9-7-19(8-10-21)23-22(24(32)28-14-18-5-3-11-27-13-18)30(25(33)34-23)15-17-4-2-6-20(26)12-17/h2-13,22-23H,14-15H2,1H3,(H,28,32)(H,29,31). The Labute approximate surface area is 195 Å². The molecule has 0 bridgehead atoms. The highest BCUT2D eigenvalue weighted by atomic mass is 19.1. The molecule has 2 aromatic carbocycles. The van der Waals surface area contributed by atoms with Crippen molar-refractivity contribution >= 4 is 23.6 Å². The molecule has 3 aromatic rings. The van der Waals surface area contributed by atoms with Crippen molar-refractivity contribution in [2.75, 3.05) is 5.32 Å². The summed E-state index contributed by atoms with van der Waals surface area (Å²) in [6, 6.07) is 15.2. The number of amides is 3. The number of carbonyl (C=O) groups is 3. The molecule has 2 heterocycles. The van der Waals surface area contributed by atoms with Crippen LogP contribution in [0.1, 0.15) is 29.7 Å². The van der Waals surface area contributed by atoms with Crippen molar-refractivity contribution in [2.24, 2.45) is 0 Å². The molecule has 9 heteroatoms. The molecule has 174 valence electrons. The minimum atomic E-state index is -0.987. The van der Waals surface area contributed by atoms with Crippen LogP contribution in [0.15, 0.2) is 73.1 Å². The first-order valence-electron chi connectivity index (χ1n) is 10.7. The van der Waals surface area contributed by atoms with Crippen molar-refractivity contribution in [1.29, 1.82) is 0 Å². The van der Waals surface area contributed by atoms with E-state index in [1.54, 1.807) is 54.9 Å². The van der Waals surface area contributed by atoms with Gasteiger partial charge in [-0.05, 0) is 47.0 Å². The lowest BCUT2D eigenvalue weighted by atomic mass is 10.00. The molecule has 0 aliphatic carbocycles. The summed E-state index contributed by atoms with van der Waals surface area (Å²) in [5.41, 5.74) is 2.50. The van der Waals surface area contributed by atoms with Crippen molar-refractivity contribution in [3.63, 3.8) is 0 Å². The molecule has 1 aromatic heterocycles. The molecule has 34 heavy (non-hydrogen) atoms. The van der Waals surface area contributed by atoms with Crippen LogP contribution in [0.25, 0.3) is 0 Å². The van der Waals surface area contributed by atoms with Gasteiger partial charge in [0.25, 0.3) is 0 Å². The number of hydrogen-bond acceptors (Lipinski definition) is 5. The molecule has 3 amide bonds. The summed E-state index contributed by atoms with van der Waals surface area (Å²) in [5.74, 6) is -1.07. The SMILES string of the molecule is CC(=O)Nc1ccc(C2OC(=O)N(Cc3cccc(F)c3)C2C(=O)NCc2cccnc2)cc1. The first kappa shape index (κ1) is 22.9. The second kappa shape index (κ2) is 10.1. The summed E-state index contributed by atoms with van der Waals surface area (Å²) < 4.78 is 19.3. The van der Waals surface area contributed by atoms with Gasteiger partial charge in [-0.3, -0.25) is 19.5 Å². The summed E-state index contributed by atoms with van der Waals surface area (Å²) in [5, 5.41) is 5.51. The third-order valence-electron chi connectivity index (χ3n) is 5.34. The first-order valence-corrected chi connectivity index (χ1v) is 10.7. The largest absolute Gasteiger partial charge is 0.438 e. The monoisotopic (exact) mass is 462 g/mol. The zero-order valence-corrected chi connectivity index (χ0v) is 18.4. The van der Waals surface area contributed by atoms with Gasteiger partial charge in [0.2, 0.25) is 11.8 Å². The number of anilines is 1. The maximum atomic E-state index is 13.7. The Morgan fingerprint density at radius 3 is 2.53 bits per heavy atom. The Kier molecular flexibility index (Phi) is 6.82. The molecular weight excluding hydrogens is 439 g/mol. The van der Waals surface area contributed by atoms with Gasteiger partial charge in [0.15, 0.2) is 12.1 Å². The average molecular weight is 462 g/mol. The third kappa shape index (κ3) is 5.37. The van der Waals surface area contributed by atoms with Crippen molar-refractivity contribution in [3.8, 4) is 0 Å². The molecule has 1 fully saturated rings. The van der Waals surface area contributed by atoms with E-state index in [2.05, 4.69) is 15.6 Å². The van der Waals surface area contributed by atoms with Gasteiger partial charge in [-0.15, -0.1) is 0 Å². The fraction of sp³-hybridized carbons (Fsp3) is 0.200. The highest BCUT2D eigenvalue weighted by Crippen LogP contribution is 2.34. The number of pyridine rings is 1. The van der Waals surface area contributed by atoms with Crippen LogP contribution in [-0.4, -0.2) is 33.8 Å². The van der Waals surface area contributed by atoms with Crippen LogP contribution in [0, 0.1) is 5.82 Å². The number of nitrogens with zero attached hydrogens (tertiary/aromatic N) is 2. The summed E-state index contributed by atoms with van der Waals surface area (Å²) >= 11 is 0. The molecule has 0 radical (unpaired) electrons. The number of aromatic nitrogens is 1. The van der Waals surface area contributed by atoms with Crippen LogP contribution in [0.3, 0.4) is 0 Å². The quantitative estimate of drug-likeness (QED) is 0.559. The van der Waals surface area contributed by atoms with Gasteiger partial charge in [-0.2, -0.15) is 0 Å². The maximum absolute atomic E-state index is 13.7. The van der Waals surface area contributed by atoms with Crippen LogP contribution in [0.5, 0.6) is 0 Å². The second-order valence-corrected chi connectivity index (χ2v) is 7.89. The molecule has 0 spiro atoms. The molecule has 1 aliphatic heterocycles. The highest BCUT2D eigenvalue weighted by molar-refractivity contribution is 5.90. The van der Waals surface area contributed by atoms with E-state index in [0.29, 0.717) is 16.8 Å². The number of carbonyl (C=O) groups excluding carboxylic acids is 3. The van der Waals surface area contributed by atoms with Gasteiger partial charge < -0.3 is 15.4 Å². The first-order chi connectivity index (χ1) is 16.4. The van der Waals surface area contributed by atoms with E-state index >= 15 is 0 Å². The number of cyclic esters (lactones) is 1. The average Bonchev–Trinajstić information content (AvgIpc) is 3.14. The summed E-state index contributed by atoms with van der Waals surface area (Å²) in [6.45, 7) is 1.63. The Bertz CT molecular complexity index is 1190. The zero-order valence-electron chi connectivity index (χ0n) is 18.4. The molecule has 2 N–H and O–H groups in total. The Morgan fingerprint density at radius 2 is 1.85 bits per heavy atom. The number of halogens is 1. The Balaban J connectivity index is 1.60. The number of ether oxygens (including phenoxy) is 1. The topological polar surface area (TPSA) is 101 Å². The lowest BCUT2D eigenvalue weighted by Gasteiger charge is -2.24. The Hall–Kier alpha value is -4.27. The maximum Gasteiger partial charge on any atom is 0.411 e. The Morgan fingerprint density at radius 1 is 1.09 bits per heavy atom. The zero-order chi connectivity index (χ0) is 24.1. The van der Waals surface area contributed by atoms with Crippen molar-refractivity contribution < 1.29 is 23.5 Å². The van der Waals surface area contributed by atoms with E-state index in [4.69, 9.17) is 4.74 Å². The van der Waals surface area contributed by atoms with Crippen LogP contribution >= 0.6 is 0 Å². The molecule has 0 saturated carbocycles. The van der Waals surface area contributed by atoms with Crippen LogP contribution in [0.2, 0.25) is 0 Å². The van der Waals surface area contributed by atoms with Crippen LogP contribution < -0.4 is 10.6 Å². The summed E-state index contributed by atoms with van der Waals surface area (Å²) in [6.07, 6.45) is 1.71. The van der Waals surface area contributed by atoms with Gasteiger partial charge in [0.1, 0.15) is 5.82 Å². The summed E-state index contributed by atoms with van der Waals surface area (Å²) in [7, 11) is 0. The lowest BCUT2D eigenvalue weighted by molar-refractivity contribution is -0.126. The van der Waals surface area contributed by atoms with Crippen molar-refractivity contribution in [2.45, 2.75) is 32.2 Å². The molecule has 2 atom stereocenters. The second-order valence-electron chi connectivity index (χ2n) is 7.89. The van der Waals surface area contributed by atoms with Gasteiger partial charge in [-0.1, -0.05) is 30.3 Å². The van der Waals surface area contributed by atoms with Crippen molar-refractivity contribution in [1.82, 2.24) is 15.2 Å². The molecule has 8 nitrogen and oxygen atoms in total. The molecule has 2 unspecified atom stereocenters. The van der Waals surface area contributed by atoms with E-state index in [0.717, 1.165) is 5.56 Å². The predicted octanol–water partition coefficient (Wildman–Crippen LogP) is 3.56. The smallest absolute Gasteiger partial charge is 0.411 e. The van der Waals surface area contributed by atoms with E-state index < -0.39 is 30.0 Å². The van der Waals surface area contributed by atoms with E-state index in [1.165, 1.54) is 24.0 Å². The molecule has 1 saturated heterocycles. The van der Waals surface area contributed by atoms with Gasteiger partial charge in [0.05, 0.1) is 6.54 Å². The fourth-order valence-electron chi connectivity index (χ4n) is 3.80. The normalized spacial score (nSPS) is 17.2. The van der Waals surface area contributed by atoms with Crippen molar-refractivity contribution in [3.05, 3.63) is 95.6 Å². The third-order valence-corrected chi connectivity index (χ3v) is 5.34. The predicted molar refractivity (Wildman–Crippen MR) is 122 cm³/mol. The van der Waals surface area contributed by atoms with Gasteiger partial charge in [-0.25, -0.2) is 9.18 Å². The molecular formula is C25H23FN4O4. The number of rotatable bonds is 7. The van der Waals surface area contributed by atoms with Crippen LogP contribution in [0.4, 0.5) is 14.9 Å². The molecule has 1 aliphatic rings. The van der Waals surface area contributed by atoms with E-state index in [1.807, 2.05) is 6.07 Å². The highest BCUT2D eigenvalue weighted by Gasteiger charge is 2.46. The minimum Gasteiger partial charge on any atom is -0.438 e. The van der Waals surface area contributed by atoms with Gasteiger partial charge in [0, 0.05) is 31.5 Å².